The van der Waals surface area contributed by atoms with Gasteiger partial charge in [0.05, 0.1) is 4.90 Å². The number of nitrogens with one attached hydrogen (secondary N) is 1. The summed E-state index contributed by atoms with van der Waals surface area (Å²) in [6.07, 6.45) is 1.66. The average molecular weight is 538 g/mol. The van der Waals surface area contributed by atoms with Gasteiger partial charge >= 0.3 is 0 Å². The molecule has 0 bridgehead atoms. The van der Waals surface area contributed by atoms with Crippen molar-refractivity contribution in [2.75, 3.05) is 38.3 Å². The Balaban J connectivity index is 1.80. The first-order valence-corrected chi connectivity index (χ1v) is 14.9. The highest BCUT2D eigenvalue weighted by Gasteiger charge is 2.44. The lowest BCUT2D eigenvalue weighted by atomic mass is 9.93. The van der Waals surface area contributed by atoms with Gasteiger partial charge in [0, 0.05) is 69.0 Å². The van der Waals surface area contributed by atoms with Crippen LogP contribution in [-0.2, 0) is 24.7 Å². The Bertz CT molecular complexity index is 1340. The topological polar surface area (TPSA) is 104 Å². The Hall–Kier alpha value is -2.76. The minimum Gasteiger partial charge on any atom is -0.378 e. The molecule has 1 aliphatic rings. The number of sulfone groups is 1. The molecule has 11 heteroatoms. The predicted molar refractivity (Wildman–Crippen MR) is 140 cm³/mol. The first-order valence-electron chi connectivity index (χ1n) is 11.5. The molecule has 0 spiro atoms. The van der Waals surface area contributed by atoms with Crippen LogP contribution in [0.1, 0.15) is 19.8 Å². The van der Waals surface area contributed by atoms with Crippen molar-refractivity contribution in [2.45, 2.75) is 36.4 Å². The fourth-order valence-electron chi connectivity index (χ4n) is 3.96. The van der Waals surface area contributed by atoms with Crippen LogP contribution in [0.15, 0.2) is 64.9 Å². The van der Waals surface area contributed by atoms with Crippen LogP contribution in [0.2, 0.25) is 0 Å². The molecule has 196 valence electrons. The van der Waals surface area contributed by atoms with E-state index in [0.29, 0.717) is 5.56 Å². The zero-order chi connectivity index (χ0) is 26.7. The Morgan fingerprint density at radius 3 is 2.25 bits per heavy atom. The van der Waals surface area contributed by atoms with Crippen LogP contribution in [0.4, 0.5) is 10.1 Å². The summed E-state index contributed by atoms with van der Waals surface area (Å²) in [5.74, 6) is -0.884. The first kappa shape index (κ1) is 27.8. The number of halogens is 1. The quantitative estimate of drug-likeness (QED) is 0.555. The maximum atomic E-state index is 15.5. The van der Waals surface area contributed by atoms with E-state index in [0.717, 1.165) is 22.9 Å². The smallest absolute Gasteiger partial charge is 0.258 e. The van der Waals surface area contributed by atoms with E-state index in [1.807, 2.05) is 55.4 Å². The number of hydrogen-bond donors (Lipinski definition) is 1. The standard InChI is InChI=1S/C25H32FN3O5S2/c1-19(12-17-35(4,31)32)27-24(30)25(26)13-15-29(16-14-25)36(33,34)23-11-10-21(28(2)3)18-22(23)20-8-6-5-7-9-20/h5-12,17-19H,13-16H2,1-4H3,(H,27,30)/b17-12+/t19-/m1/s1. The molecule has 1 heterocycles. The second kappa shape index (κ2) is 10.7. The van der Waals surface area contributed by atoms with Crippen LogP contribution < -0.4 is 10.2 Å². The second-order valence-electron chi connectivity index (χ2n) is 9.23. The van der Waals surface area contributed by atoms with Crippen molar-refractivity contribution in [3.8, 4) is 11.1 Å². The molecule has 2 aromatic rings. The number of carbonyl (C=O) groups is 1. The molecule has 0 saturated carbocycles. The van der Waals surface area contributed by atoms with Gasteiger partial charge in [0.1, 0.15) is 0 Å². The van der Waals surface area contributed by atoms with Crippen molar-refractivity contribution in [2.24, 2.45) is 0 Å². The summed E-state index contributed by atoms with van der Waals surface area (Å²) in [5.41, 5.74) is -0.129. The van der Waals surface area contributed by atoms with Gasteiger partial charge in [0.15, 0.2) is 15.5 Å². The summed E-state index contributed by atoms with van der Waals surface area (Å²) >= 11 is 0. The molecule has 0 radical (unpaired) electrons. The third kappa shape index (κ3) is 6.51. The highest BCUT2D eigenvalue weighted by molar-refractivity contribution is 7.93. The number of piperidine rings is 1. The lowest BCUT2D eigenvalue weighted by Gasteiger charge is -2.35. The second-order valence-corrected chi connectivity index (χ2v) is 13.1. The molecule has 8 nitrogen and oxygen atoms in total. The number of rotatable bonds is 8. The monoisotopic (exact) mass is 537 g/mol. The third-order valence-corrected chi connectivity index (χ3v) is 8.69. The fraction of sp³-hybridized carbons (Fsp3) is 0.400. The van der Waals surface area contributed by atoms with E-state index in [2.05, 4.69) is 5.32 Å². The summed E-state index contributed by atoms with van der Waals surface area (Å²) in [6, 6.07) is 13.6. The largest absolute Gasteiger partial charge is 0.378 e. The van der Waals surface area contributed by atoms with Crippen LogP contribution in [0.5, 0.6) is 0 Å². The van der Waals surface area contributed by atoms with E-state index < -0.39 is 37.5 Å². The lowest BCUT2D eigenvalue weighted by molar-refractivity contribution is -0.135. The molecule has 1 amide bonds. The minimum absolute atomic E-state index is 0.120. The Labute approximate surface area is 212 Å². The van der Waals surface area contributed by atoms with E-state index >= 15 is 4.39 Å². The third-order valence-electron chi connectivity index (χ3n) is 6.08. The van der Waals surface area contributed by atoms with E-state index in [4.69, 9.17) is 0 Å². The molecule has 0 aromatic heterocycles. The number of alkyl halides is 1. The molecule has 1 saturated heterocycles. The van der Waals surface area contributed by atoms with Gasteiger partial charge in [-0.25, -0.2) is 21.2 Å². The zero-order valence-electron chi connectivity index (χ0n) is 20.8. The zero-order valence-corrected chi connectivity index (χ0v) is 22.4. The number of carbonyl (C=O) groups excluding carboxylic acids is 1. The predicted octanol–water partition coefficient (Wildman–Crippen LogP) is 2.98. The number of sulfonamides is 1. The van der Waals surface area contributed by atoms with Gasteiger partial charge in [-0.15, -0.1) is 0 Å². The number of benzene rings is 2. The van der Waals surface area contributed by atoms with Crippen LogP contribution in [-0.4, -0.2) is 72.2 Å². The van der Waals surface area contributed by atoms with E-state index in [1.165, 1.54) is 17.3 Å². The highest BCUT2D eigenvalue weighted by atomic mass is 32.2. The molecule has 0 aliphatic carbocycles. The number of hydrogen-bond acceptors (Lipinski definition) is 6. The van der Waals surface area contributed by atoms with Gasteiger partial charge in [0.2, 0.25) is 10.0 Å². The highest BCUT2D eigenvalue weighted by Crippen LogP contribution is 2.35. The Morgan fingerprint density at radius 2 is 1.69 bits per heavy atom. The van der Waals surface area contributed by atoms with Gasteiger partial charge in [-0.3, -0.25) is 4.79 Å². The molecule has 36 heavy (non-hydrogen) atoms. The molecule has 3 rings (SSSR count). The maximum absolute atomic E-state index is 15.5. The lowest BCUT2D eigenvalue weighted by Crippen LogP contribution is -2.53. The van der Waals surface area contributed by atoms with Gasteiger partial charge in [-0.05, 0) is 30.7 Å². The van der Waals surface area contributed by atoms with Crippen molar-refractivity contribution < 1.29 is 26.0 Å². The molecule has 1 N–H and O–H groups in total. The van der Waals surface area contributed by atoms with Crippen molar-refractivity contribution in [1.82, 2.24) is 9.62 Å². The summed E-state index contributed by atoms with van der Waals surface area (Å²) < 4.78 is 66.4. The van der Waals surface area contributed by atoms with E-state index in [9.17, 15) is 21.6 Å². The van der Waals surface area contributed by atoms with Crippen molar-refractivity contribution in [1.29, 1.82) is 0 Å². The summed E-state index contributed by atoms with van der Waals surface area (Å²) in [7, 11) is -3.61. The molecular weight excluding hydrogens is 505 g/mol. The van der Waals surface area contributed by atoms with Gasteiger partial charge in [-0.1, -0.05) is 36.4 Å². The molecule has 1 atom stereocenters. The molecular formula is C25H32FN3O5S2. The number of nitrogens with zero attached hydrogens (tertiary/aromatic N) is 2. The first-order chi connectivity index (χ1) is 16.7. The van der Waals surface area contributed by atoms with Crippen molar-refractivity contribution in [3.05, 3.63) is 60.0 Å². The summed E-state index contributed by atoms with van der Waals surface area (Å²) in [6.45, 7) is 1.21. The molecule has 1 aliphatic heterocycles. The Kier molecular flexibility index (Phi) is 8.27. The molecule has 2 aromatic carbocycles. The van der Waals surface area contributed by atoms with Crippen LogP contribution in [0.3, 0.4) is 0 Å². The Morgan fingerprint density at radius 1 is 1.08 bits per heavy atom. The maximum Gasteiger partial charge on any atom is 0.258 e. The van der Waals surface area contributed by atoms with Crippen LogP contribution in [0, 0.1) is 0 Å². The average Bonchev–Trinajstić information content (AvgIpc) is 2.82. The van der Waals surface area contributed by atoms with Crippen LogP contribution >= 0.6 is 0 Å². The molecule has 0 unspecified atom stereocenters. The van der Waals surface area contributed by atoms with Gasteiger partial charge in [-0.2, -0.15) is 4.31 Å². The van der Waals surface area contributed by atoms with E-state index in [1.54, 1.807) is 12.1 Å². The van der Waals surface area contributed by atoms with Crippen molar-refractivity contribution in [3.63, 3.8) is 0 Å². The SMILES string of the molecule is C[C@H](/C=C/S(C)(=O)=O)NC(=O)C1(F)CCN(S(=O)(=O)c2ccc(N(C)C)cc2-c2ccccc2)CC1. The van der Waals surface area contributed by atoms with Crippen LogP contribution in [0.25, 0.3) is 11.1 Å². The van der Waals surface area contributed by atoms with Crippen molar-refractivity contribution >= 4 is 31.5 Å². The number of amides is 1. The summed E-state index contributed by atoms with van der Waals surface area (Å²) in [5, 5.41) is 3.41. The molecule has 1 fully saturated rings. The summed E-state index contributed by atoms with van der Waals surface area (Å²) in [4.78, 5) is 14.6. The normalized spacial score (nSPS) is 17.6. The number of anilines is 1. The van der Waals surface area contributed by atoms with Gasteiger partial charge < -0.3 is 10.2 Å². The minimum atomic E-state index is -3.97. The fourth-order valence-corrected chi connectivity index (χ4v) is 6.11. The van der Waals surface area contributed by atoms with Gasteiger partial charge in [0.25, 0.3) is 5.91 Å². The van der Waals surface area contributed by atoms with E-state index in [-0.39, 0.29) is 30.8 Å².